The number of amides is 1. The van der Waals surface area contributed by atoms with E-state index < -0.39 is 0 Å². The molecule has 5 heteroatoms. The number of hydrogen-bond acceptors (Lipinski definition) is 3. The number of nitrogen functional groups attached to an aromatic ring is 1. The van der Waals surface area contributed by atoms with Crippen LogP contribution >= 0.6 is 11.6 Å². The van der Waals surface area contributed by atoms with Gasteiger partial charge in [-0.1, -0.05) is 37.8 Å². The molecule has 0 atom stereocenters. The number of halogens is 1. The average molecular weight is 282 g/mol. The molecule has 4 nitrogen and oxygen atoms in total. The van der Waals surface area contributed by atoms with E-state index in [0.29, 0.717) is 17.8 Å². The fourth-order valence-corrected chi connectivity index (χ4v) is 2.77. The first-order chi connectivity index (χ1) is 9.00. The zero-order chi connectivity index (χ0) is 13.9. The fourth-order valence-electron chi connectivity index (χ4n) is 2.61. The number of nitrogens with one attached hydrogen (secondary N) is 1. The molecule has 3 N–H and O–H groups in total. The zero-order valence-electron chi connectivity index (χ0n) is 11.2. The number of anilines is 1. The van der Waals surface area contributed by atoms with Crippen LogP contribution in [0.5, 0.6) is 0 Å². The molecule has 0 aromatic carbocycles. The van der Waals surface area contributed by atoms with Crippen LogP contribution in [0.1, 0.15) is 49.4 Å². The molecule has 0 bridgehead atoms. The Labute approximate surface area is 118 Å². The van der Waals surface area contributed by atoms with E-state index in [-0.39, 0.29) is 16.5 Å². The Balaban J connectivity index is 1.99. The number of carbonyl (C=O) groups excluding carboxylic acids is 1. The Morgan fingerprint density at radius 2 is 2.16 bits per heavy atom. The van der Waals surface area contributed by atoms with E-state index in [4.69, 9.17) is 17.3 Å². The Hall–Kier alpha value is -1.29. The van der Waals surface area contributed by atoms with Crippen molar-refractivity contribution in [3.63, 3.8) is 0 Å². The molecule has 104 valence electrons. The van der Waals surface area contributed by atoms with Crippen molar-refractivity contribution < 1.29 is 4.79 Å². The summed E-state index contributed by atoms with van der Waals surface area (Å²) < 4.78 is 0. The molecule has 0 aliphatic heterocycles. The monoisotopic (exact) mass is 281 g/mol. The lowest BCUT2D eigenvalue weighted by Gasteiger charge is -2.33. The first kappa shape index (κ1) is 14.1. The van der Waals surface area contributed by atoms with Gasteiger partial charge in [-0.05, 0) is 24.3 Å². The molecule has 1 aromatic heterocycles. The van der Waals surface area contributed by atoms with Crippen molar-refractivity contribution in [1.29, 1.82) is 0 Å². The Bertz CT molecular complexity index is 470. The quantitative estimate of drug-likeness (QED) is 0.837. The van der Waals surface area contributed by atoms with Gasteiger partial charge in [0, 0.05) is 6.54 Å². The Morgan fingerprint density at radius 1 is 1.47 bits per heavy atom. The Kier molecular flexibility index (Phi) is 4.30. The molecule has 0 spiro atoms. The van der Waals surface area contributed by atoms with Crippen LogP contribution in [-0.4, -0.2) is 17.4 Å². The highest BCUT2D eigenvalue weighted by atomic mass is 35.5. The van der Waals surface area contributed by atoms with Crippen LogP contribution in [0.4, 0.5) is 5.69 Å². The molecule has 1 saturated carbocycles. The molecular formula is C14H20ClN3O. The summed E-state index contributed by atoms with van der Waals surface area (Å²) in [7, 11) is 0. The normalized spacial score (nSPS) is 18.0. The second kappa shape index (κ2) is 5.78. The minimum atomic E-state index is -0.173. The van der Waals surface area contributed by atoms with E-state index in [9.17, 15) is 4.79 Å². The summed E-state index contributed by atoms with van der Waals surface area (Å²) in [6.07, 6.45) is 7.54. The maximum atomic E-state index is 12.1. The van der Waals surface area contributed by atoms with E-state index in [0.717, 1.165) is 0 Å². The van der Waals surface area contributed by atoms with Gasteiger partial charge in [-0.25, -0.2) is 4.98 Å². The van der Waals surface area contributed by atoms with Crippen LogP contribution < -0.4 is 11.1 Å². The SMILES string of the molecule is CC1(CNC(=O)c2cc(Cl)ncc2N)CCCCC1. The molecule has 1 aliphatic rings. The summed E-state index contributed by atoms with van der Waals surface area (Å²) >= 11 is 5.79. The average Bonchev–Trinajstić information content (AvgIpc) is 2.40. The lowest BCUT2D eigenvalue weighted by molar-refractivity contribution is 0.0920. The maximum Gasteiger partial charge on any atom is 0.253 e. The van der Waals surface area contributed by atoms with Gasteiger partial charge < -0.3 is 11.1 Å². The van der Waals surface area contributed by atoms with Gasteiger partial charge in [0.1, 0.15) is 5.15 Å². The zero-order valence-corrected chi connectivity index (χ0v) is 12.0. The van der Waals surface area contributed by atoms with E-state index >= 15 is 0 Å². The van der Waals surface area contributed by atoms with Gasteiger partial charge in [0.2, 0.25) is 0 Å². The van der Waals surface area contributed by atoms with Crippen LogP contribution in [0.15, 0.2) is 12.3 Å². The van der Waals surface area contributed by atoms with E-state index in [1.54, 1.807) is 0 Å². The van der Waals surface area contributed by atoms with E-state index in [2.05, 4.69) is 17.2 Å². The molecule has 1 aliphatic carbocycles. The summed E-state index contributed by atoms with van der Waals surface area (Å²) in [6.45, 7) is 2.92. The van der Waals surface area contributed by atoms with Crippen LogP contribution in [0.2, 0.25) is 5.15 Å². The largest absolute Gasteiger partial charge is 0.397 e. The molecule has 19 heavy (non-hydrogen) atoms. The highest BCUT2D eigenvalue weighted by molar-refractivity contribution is 6.29. The van der Waals surface area contributed by atoms with Gasteiger partial charge in [-0.15, -0.1) is 0 Å². The summed E-state index contributed by atoms with van der Waals surface area (Å²) in [5, 5.41) is 3.25. The van der Waals surface area contributed by atoms with Gasteiger partial charge in [0.15, 0.2) is 0 Å². The number of nitrogens with zero attached hydrogens (tertiary/aromatic N) is 1. The molecule has 1 aromatic rings. The smallest absolute Gasteiger partial charge is 0.253 e. The van der Waals surface area contributed by atoms with Crippen molar-refractivity contribution in [3.8, 4) is 0 Å². The minimum absolute atomic E-state index is 0.173. The third-order valence-electron chi connectivity index (χ3n) is 3.88. The molecule has 2 rings (SSSR count). The third-order valence-corrected chi connectivity index (χ3v) is 4.09. The summed E-state index contributed by atoms with van der Waals surface area (Å²) in [6, 6.07) is 1.51. The number of pyridine rings is 1. The van der Waals surface area contributed by atoms with E-state index in [1.165, 1.54) is 44.4 Å². The second-order valence-electron chi connectivity index (χ2n) is 5.65. The van der Waals surface area contributed by atoms with Crippen LogP contribution in [0, 0.1) is 5.41 Å². The highest BCUT2D eigenvalue weighted by Crippen LogP contribution is 2.35. The predicted octanol–water partition coefficient (Wildman–Crippen LogP) is 3.02. The minimum Gasteiger partial charge on any atom is -0.397 e. The van der Waals surface area contributed by atoms with E-state index in [1.807, 2.05) is 0 Å². The number of rotatable bonds is 3. The number of hydrogen-bond donors (Lipinski definition) is 2. The molecule has 1 heterocycles. The predicted molar refractivity (Wildman–Crippen MR) is 77.2 cm³/mol. The topological polar surface area (TPSA) is 68.0 Å². The van der Waals surface area contributed by atoms with Gasteiger partial charge in [-0.3, -0.25) is 4.79 Å². The summed E-state index contributed by atoms with van der Waals surface area (Å²) in [4.78, 5) is 16.0. The summed E-state index contributed by atoms with van der Waals surface area (Å²) in [5.41, 5.74) is 6.72. The van der Waals surface area contributed by atoms with Crippen LogP contribution in [0.3, 0.4) is 0 Å². The lowest BCUT2D eigenvalue weighted by atomic mass is 9.76. The number of carbonyl (C=O) groups is 1. The van der Waals surface area contributed by atoms with Gasteiger partial charge >= 0.3 is 0 Å². The van der Waals surface area contributed by atoms with Crippen molar-refractivity contribution in [3.05, 3.63) is 23.0 Å². The van der Waals surface area contributed by atoms with Gasteiger partial charge in [0.25, 0.3) is 5.91 Å². The number of nitrogens with two attached hydrogens (primary N) is 1. The highest BCUT2D eigenvalue weighted by Gasteiger charge is 2.27. The van der Waals surface area contributed by atoms with Crippen molar-refractivity contribution >= 4 is 23.2 Å². The molecule has 0 radical (unpaired) electrons. The van der Waals surface area contributed by atoms with Gasteiger partial charge in [0.05, 0.1) is 17.4 Å². The fraction of sp³-hybridized carbons (Fsp3) is 0.571. The Morgan fingerprint density at radius 3 is 2.84 bits per heavy atom. The third kappa shape index (κ3) is 3.60. The summed E-state index contributed by atoms with van der Waals surface area (Å²) in [5.74, 6) is -0.173. The van der Waals surface area contributed by atoms with Crippen molar-refractivity contribution in [2.45, 2.75) is 39.0 Å². The van der Waals surface area contributed by atoms with Crippen LogP contribution in [0.25, 0.3) is 0 Å². The van der Waals surface area contributed by atoms with Crippen molar-refractivity contribution in [2.24, 2.45) is 5.41 Å². The molecule has 1 amide bonds. The standard InChI is InChI=1S/C14H20ClN3O/c1-14(5-3-2-4-6-14)9-18-13(19)10-7-12(15)17-8-11(10)16/h7-8H,2-6,9,16H2,1H3,(H,18,19). The second-order valence-corrected chi connectivity index (χ2v) is 6.04. The molecule has 0 saturated heterocycles. The van der Waals surface area contributed by atoms with Crippen molar-refractivity contribution in [2.75, 3.05) is 12.3 Å². The van der Waals surface area contributed by atoms with Crippen LogP contribution in [-0.2, 0) is 0 Å². The number of aromatic nitrogens is 1. The molecular weight excluding hydrogens is 262 g/mol. The van der Waals surface area contributed by atoms with Gasteiger partial charge in [-0.2, -0.15) is 0 Å². The maximum absolute atomic E-state index is 12.1. The van der Waals surface area contributed by atoms with Crippen molar-refractivity contribution in [1.82, 2.24) is 10.3 Å². The first-order valence-electron chi connectivity index (χ1n) is 6.69. The lowest BCUT2D eigenvalue weighted by Crippen LogP contribution is -2.37. The first-order valence-corrected chi connectivity index (χ1v) is 7.07. The molecule has 1 fully saturated rings. The molecule has 0 unspecified atom stereocenters.